The van der Waals surface area contributed by atoms with Crippen LogP contribution in [0.1, 0.15) is 21.5 Å². The van der Waals surface area contributed by atoms with Crippen molar-refractivity contribution in [3.05, 3.63) is 83.6 Å². The van der Waals surface area contributed by atoms with Crippen LogP contribution in [0, 0.1) is 0 Å². The Labute approximate surface area is 179 Å². The van der Waals surface area contributed by atoms with Crippen LogP contribution in [0.3, 0.4) is 0 Å². The van der Waals surface area contributed by atoms with E-state index in [1.165, 1.54) is 0 Å². The zero-order valence-electron chi connectivity index (χ0n) is 17.0. The quantitative estimate of drug-likeness (QED) is 0.561. The number of hydrogen-bond acceptors (Lipinski definition) is 4. The van der Waals surface area contributed by atoms with Gasteiger partial charge in [-0.05, 0) is 29.3 Å². The molecule has 2 aromatic carbocycles. The van der Waals surface area contributed by atoms with E-state index < -0.39 is 11.9 Å². The van der Waals surface area contributed by atoms with E-state index in [9.17, 15) is 9.59 Å². The Balaban J connectivity index is 1.64. The Bertz CT molecular complexity index is 1330. The van der Waals surface area contributed by atoms with Crippen molar-refractivity contribution in [3.63, 3.8) is 0 Å². The summed E-state index contributed by atoms with van der Waals surface area (Å²) in [6.45, 7) is 0.332. The van der Waals surface area contributed by atoms with Crippen molar-refractivity contribution < 1.29 is 9.59 Å². The average molecular weight is 411 g/mol. The van der Waals surface area contributed by atoms with E-state index in [0.29, 0.717) is 35.4 Å². The monoisotopic (exact) mass is 411 g/mol. The highest BCUT2D eigenvalue weighted by Crippen LogP contribution is 2.29. The first-order valence-electron chi connectivity index (χ1n) is 10.1. The molecule has 7 heteroatoms. The summed E-state index contributed by atoms with van der Waals surface area (Å²) in [4.78, 5) is 32.3. The number of para-hydroxylation sites is 1. The Hall–Kier alpha value is -4.00. The maximum absolute atomic E-state index is 13.8. The van der Waals surface area contributed by atoms with Crippen molar-refractivity contribution in [2.24, 2.45) is 12.8 Å². The molecule has 0 aliphatic carbocycles. The number of nitrogens with two attached hydrogens (primary N) is 1. The van der Waals surface area contributed by atoms with Crippen molar-refractivity contribution in [1.29, 1.82) is 0 Å². The van der Waals surface area contributed by atoms with E-state index in [1.807, 2.05) is 67.8 Å². The molecule has 0 bridgehead atoms. The summed E-state index contributed by atoms with van der Waals surface area (Å²) in [6, 6.07) is 18.2. The molecular weight excluding hydrogens is 390 g/mol. The maximum Gasteiger partial charge on any atom is 0.255 e. The van der Waals surface area contributed by atoms with Crippen LogP contribution in [-0.4, -0.2) is 37.5 Å². The largest absolute Gasteiger partial charge is 0.368 e. The van der Waals surface area contributed by atoms with E-state index in [0.717, 1.165) is 16.5 Å². The second-order valence-electron chi connectivity index (χ2n) is 7.77. The fraction of sp³-hybridized carbons (Fsp3) is 0.167. The minimum absolute atomic E-state index is 0.242. The molecule has 1 unspecified atom stereocenters. The number of carbonyl (C=O) groups is 2. The minimum atomic E-state index is -0.701. The Morgan fingerprint density at radius 1 is 1.00 bits per heavy atom. The van der Waals surface area contributed by atoms with Gasteiger partial charge in [0.1, 0.15) is 11.7 Å². The van der Waals surface area contributed by atoms with Gasteiger partial charge in [-0.15, -0.1) is 0 Å². The summed E-state index contributed by atoms with van der Waals surface area (Å²) in [5, 5.41) is 5.16. The van der Waals surface area contributed by atoms with E-state index >= 15 is 0 Å². The second kappa shape index (κ2) is 7.36. The molecule has 154 valence electrons. The smallest absolute Gasteiger partial charge is 0.255 e. The Morgan fingerprint density at radius 3 is 2.48 bits per heavy atom. The molecule has 1 aliphatic heterocycles. The molecule has 0 fully saturated rings. The predicted octanol–water partition coefficient (Wildman–Crippen LogP) is 2.69. The first kappa shape index (κ1) is 19.0. The third-order valence-corrected chi connectivity index (χ3v) is 5.76. The first-order chi connectivity index (χ1) is 15.0. The van der Waals surface area contributed by atoms with Crippen molar-refractivity contribution in [2.45, 2.75) is 19.0 Å². The van der Waals surface area contributed by atoms with Gasteiger partial charge in [-0.25, -0.2) is 4.98 Å². The fourth-order valence-corrected chi connectivity index (χ4v) is 4.18. The predicted molar refractivity (Wildman–Crippen MR) is 117 cm³/mol. The zero-order valence-corrected chi connectivity index (χ0v) is 17.0. The average Bonchev–Trinajstić information content (AvgIpc) is 3.23. The Kier molecular flexibility index (Phi) is 4.51. The summed E-state index contributed by atoms with van der Waals surface area (Å²) in [5.41, 5.74) is 10.2. The molecule has 4 aromatic rings. The number of aryl methyl sites for hydroxylation is 1. The topological polar surface area (TPSA) is 94.1 Å². The first-order valence-corrected chi connectivity index (χ1v) is 10.1. The van der Waals surface area contributed by atoms with Gasteiger partial charge >= 0.3 is 0 Å². The molecule has 3 heterocycles. The van der Waals surface area contributed by atoms with Crippen LogP contribution in [0.4, 0.5) is 0 Å². The lowest BCUT2D eigenvalue weighted by atomic mass is 9.92. The number of hydrogen-bond donors (Lipinski definition) is 1. The van der Waals surface area contributed by atoms with Crippen LogP contribution < -0.4 is 5.73 Å². The van der Waals surface area contributed by atoms with Crippen molar-refractivity contribution in [3.8, 4) is 11.4 Å². The van der Waals surface area contributed by atoms with Crippen molar-refractivity contribution >= 4 is 22.7 Å². The lowest BCUT2D eigenvalue weighted by Crippen LogP contribution is -2.51. The summed E-state index contributed by atoms with van der Waals surface area (Å²) < 4.78 is 1.69. The normalized spacial score (nSPS) is 15.6. The molecule has 0 saturated carbocycles. The maximum atomic E-state index is 13.8. The fourth-order valence-electron chi connectivity index (χ4n) is 4.18. The van der Waals surface area contributed by atoms with E-state index in [4.69, 9.17) is 10.7 Å². The standard InChI is InChI=1S/C24H21N5O2/c1-28-11-10-20(27-28)21-13-18(17-8-4-5-9-19(17)26-21)24(31)29-14-16-7-3-2-6-15(16)12-22(29)23(25)30/h2-11,13,22H,12,14H2,1H3,(H2,25,30). The van der Waals surface area contributed by atoms with E-state index in [2.05, 4.69) is 5.10 Å². The number of benzene rings is 2. The highest BCUT2D eigenvalue weighted by Gasteiger charge is 2.34. The number of rotatable bonds is 3. The number of fused-ring (bicyclic) bond motifs is 2. The molecule has 0 spiro atoms. The number of primary amides is 1. The summed E-state index contributed by atoms with van der Waals surface area (Å²) in [7, 11) is 1.83. The van der Waals surface area contributed by atoms with E-state index in [1.54, 1.807) is 15.6 Å². The van der Waals surface area contributed by atoms with Gasteiger partial charge in [0, 0.05) is 31.6 Å². The van der Waals surface area contributed by atoms with Crippen LogP contribution in [-0.2, 0) is 24.8 Å². The van der Waals surface area contributed by atoms with E-state index in [-0.39, 0.29) is 5.91 Å². The van der Waals surface area contributed by atoms with Crippen LogP contribution in [0.5, 0.6) is 0 Å². The van der Waals surface area contributed by atoms with Gasteiger partial charge in [-0.1, -0.05) is 42.5 Å². The van der Waals surface area contributed by atoms with Crippen LogP contribution >= 0.6 is 0 Å². The molecule has 31 heavy (non-hydrogen) atoms. The zero-order chi connectivity index (χ0) is 21.5. The van der Waals surface area contributed by atoms with Crippen molar-refractivity contribution in [2.75, 3.05) is 0 Å². The number of amides is 2. The summed E-state index contributed by atoms with van der Waals surface area (Å²) in [5.74, 6) is -0.750. The summed E-state index contributed by atoms with van der Waals surface area (Å²) in [6.07, 6.45) is 2.24. The highest BCUT2D eigenvalue weighted by molar-refractivity contribution is 6.08. The molecule has 2 amide bonds. The highest BCUT2D eigenvalue weighted by atomic mass is 16.2. The SMILES string of the molecule is Cn1ccc(-c2cc(C(=O)N3Cc4ccccc4CC3C(N)=O)c3ccccc3n2)n1. The molecule has 5 rings (SSSR count). The van der Waals surface area contributed by atoms with Gasteiger partial charge in [-0.3, -0.25) is 14.3 Å². The van der Waals surface area contributed by atoms with Crippen molar-refractivity contribution in [1.82, 2.24) is 19.7 Å². The van der Waals surface area contributed by atoms with Crippen LogP contribution in [0.25, 0.3) is 22.3 Å². The Morgan fingerprint density at radius 2 is 1.74 bits per heavy atom. The van der Waals surface area contributed by atoms with Crippen LogP contribution in [0.2, 0.25) is 0 Å². The second-order valence-corrected chi connectivity index (χ2v) is 7.77. The molecule has 1 atom stereocenters. The number of pyridine rings is 1. The molecular formula is C24H21N5O2. The molecule has 7 nitrogen and oxygen atoms in total. The van der Waals surface area contributed by atoms with Gasteiger partial charge in [0.2, 0.25) is 5.91 Å². The molecule has 2 aromatic heterocycles. The minimum Gasteiger partial charge on any atom is -0.368 e. The lowest BCUT2D eigenvalue weighted by Gasteiger charge is -2.35. The van der Waals surface area contributed by atoms with Crippen LogP contribution in [0.15, 0.2) is 66.9 Å². The lowest BCUT2D eigenvalue weighted by molar-refractivity contribution is -0.122. The molecule has 0 saturated heterocycles. The number of carbonyl (C=O) groups excluding carboxylic acids is 2. The van der Waals surface area contributed by atoms with Gasteiger partial charge < -0.3 is 10.6 Å². The van der Waals surface area contributed by atoms with Gasteiger partial charge in [0.15, 0.2) is 0 Å². The third-order valence-electron chi connectivity index (χ3n) is 5.76. The number of nitrogens with zero attached hydrogens (tertiary/aromatic N) is 4. The molecule has 2 N–H and O–H groups in total. The number of aromatic nitrogens is 3. The summed E-state index contributed by atoms with van der Waals surface area (Å²) >= 11 is 0. The van der Waals surface area contributed by atoms with Gasteiger partial charge in [-0.2, -0.15) is 5.10 Å². The van der Waals surface area contributed by atoms with Gasteiger partial charge in [0.05, 0.1) is 16.8 Å². The molecule has 1 aliphatic rings. The third kappa shape index (κ3) is 3.34. The molecule has 0 radical (unpaired) electrons. The van der Waals surface area contributed by atoms with Gasteiger partial charge in [0.25, 0.3) is 5.91 Å².